The van der Waals surface area contributed by atoms with Gasteiger partial charge in [0.2, 0.25) is 0 Å². The summed E-state index contributed by atoms with van der Waals surface area (Å²) in [4.78, 5) is 11.8. The van der Waals surface area contributed by atoms with E-state index in [1.165, 1.54) is 6.07 Å². The van der Waals surface area contributed by atoms with Crippen molar-refractivity contribution in [1.82, 2.24) is 5.16 Å². The van der Waals surface area contributed by atoms with E-state index in [-0.39, 0.29) is 11.3 Å². The van der Waals surface area contributed by atoms with E-state index >= 15 is 0 Å². The number of aromatic nitrogens is 1. The van der Waals surface area contributed by atoms with Gasteiger partial charge in [0.15, 0.2) is 0 Å². The van der Waals surface area contributed by atoms with Crippen LogP contribution in [0.1, 0.15) is 21.6 Å². The Kier molecular flexibility index (Phi) is 3.71. The lowest BCUT2D eigenvalue weighted by Crippen LogP contribution is -2.13. The van der Waals surface area contributed by atoms with Crippen molar-refractivity contribution in [2.45, 2.75) is 13.1 Å². The molecule has 0 spiro atoms. The fraction of sp³-hybridized carbons (Fsp3) is 0.167. The minimum absolute atomic E-state index is 0.0210. The topological polar surface area (TPSA) is 55.1 Å². The summed E-state index contributed by atoms with van der Waals surface area (Å²) in [6.07, 6.45) is -3.48. The molecule has 1 aromatic carbocycles. The first-order valence-electron chi connectivity index (χ1n) is 5.38. The van der Waals surface area contributed by atoms with Gasteiger partial charge in [0.05, 0.1) is 16.3 Å². The Morgan fingerprint density at radius 2 is 2.10 bits per heavy atom. The number of amides is 1. The number of anilines is 1. The number of hydrogen-bond donors (Lipinski definition) is 1. The van der Waals surface area contributed by atoms with Crippen LogP contribution in [0.5, 0.6) is 0 Å². The number of carbonyl (C=O) groups excluding carboxylic acids is 1. The number of nitrogens with zero attached hydrogens (tertiary/aromatic N) is 1. The molecule has 0 saturated heterocycles. The van der Waals surface area contributed by atoms with Crippen LogP contribution < -0.4 is 5.32 Å². The average molecular weight is 305 g/mol. The Balaban J connectivity index is 2.27. The fourth-order valence-electron chi connectivity index (χ4n) is 1.53. The second-order valence-corrected chi connectivity index (χ2v) is 4.37. The lowest BCUT2D eigenvalue weighted by molar-refractivity contribution is -0.137. The molecule has 0 unspecified atom stereocenters. The molecule has 0 bridgehead atoms. The van der Waals surface area contributed by atoms with Crippen LogP contribution in [-0.2, 0) is 6.18 Å². The summed E-state index contributed by atoms with van der Waals surface area (Å²) in [5.41, 5.74) is -0.549. The molecule has 0 atom stereocenters. The fourth-order valence-corrected chi connectivity index (χ4v) is 1.75. The lowest BCUT2D eigenvalue weighted by Gasteiger charge is -2.11. The summed E-state index contributed by atoms with van der Waals surface area (Å²) in [5.74, 6) is -0.612. The zero-order valence-electron chi connectivity index (χ0n) is 10.1. The maximum atomic E-state index is 12.7. The zero-order valence-corrected chi connectivity index (χ0v) is 10.8. The highest BCUT2D eigenvalue weighted by atomic mass is 35.5. The highest BCUT2D eigenvalue weighted by Gasteiger charge is 2.33. The summed E-state index contributed by atoms with van der Waals surface area (Å²) < 4.78 is 42.6. The highest BCUT2D eigenvalue weighted by molar-refractivity contribution is 6.31. The number of nitrogens with one attached hydrogen (secondary N) is 1. The molecular weight excluding hydrogens is 297 g/mol. The summed E-state index contributed by atoms with van der Waals surface area (Å²) in [5, 5.41) is 5.41. The Bertz CT molecular complexity index is 652. The third-order valence-electron chi connectivity index (χ3n) is 2.52. The number of alkyl halides is 3. The van der Waals surface area contributed by atoms with Crippen LogP contribution in [0, 0.1) is 6.92 Å². The van der Waals surface area contributed by atoms with E-state index in [0.717, 1.165) is 18.4 Å². The second-order valence-electron chi connectivity index (χ2n) is 3.96. The van der Waals surface area contributed by atoms with E-state index in [1.54, 1.807) is 6.92 Å². The van der Waals surface area contributed by atoms with Crippen molar-refractivity contribution < 1.29 is 22.5 Å². The van der Waals surface area contributed by atoms with Crippen molar-refractivity contribution in [2.24, 2.45) is 0 Å². The first-order valence-corrected chi connectivity index (χ1v) is 5.76. The zero-order chi connectivity index (χ0) is 14.9. The van der Waals surface area contributed by atoms with Crippen LogP contribution >= 0.6 is 11.6 Å². The predicted molar refractivity (Wildman–Crippen MR) is 65.6 cm³/mol. The summed E-state index contributed by atoms with van der Waals surface area (Å²) in [6.45, 7) is 1.54. The molecule has 0 saturated carbocycles. The number of rotatable bonds is 2. The number of benzene rings is 1. The van der Waals surface area contributed by atoms with Gasteiger partial charge in [-0.1, -0.05) is 16.8 Å². The maximum absolute atomic E-state index is 12.7. The third-order valence-corrected chi connectivity index (χ3v) is 2.85. The van der Waals surface area contributed by atoms with Crippen LogP contribution in [0.3, 0.4) is 0 Å². The van der Waals surface area contributed by atoms with Gasteiger partial charge < -0.3 is 9.84 Å². The van der Waals surface area contributed by atoms with Crippen molar-refractivity contribution in [1.29, 1.82) is 0 Å². The molecule has 106 valence electrons. The van der Waals surface area contributed by atoms with Crippen LogP contribution in [0.25, 0.3) is 0 Å². The van der Waals surface area contributed by atoms with Crippen molar-refractivity contribution in [3.8, 4) is 0 Å². The molecule has 0 aliphatic carbocycles. The summed E-state index contributed by atoms with van der Waals surface area (Å²) in [6, 6.07) is 3.11. The van der Waals surface area contributed by atoms with Gasteiger partial charge in [-0.3, -0.25) is 4.79 Å². The quantitative estimate of drug-likeness (QED) is 0.915. The van der Waals surface area contributed by atoms with E-state index in [0.29, 0.717) is 5.69 Å². The molecule has 0 aliphatic rings. The summed E-state index contributed by atoms with van der Waals surface area (Å²) in [7, 11) is 0. The minimum atomic E-state index is -4.59. The van der Waals surface area contributed by atoms with Crippen LogP contribution in [0.2, 0.25) is 5.02 Å². The van der Waals surface area contributed by atoms with Crippen molar-refractivity contribution >= 4 is 23.2 Å². The molecule has 0 aliphatic heterocycles. The molecule has 2 rings (SSSR count). The van der Waals surface area contributed by atoms with Gasteiger partial charge in [0.25, 0.3) is 5.91 Å². The Morgan fingerprint density at radius 1 is 1.40 bits per heavy atom. The molecule has 20 heavy (non-hydrogen) atoms. The molecular formula is C12H8ClF3N2O2. The summed E-state index contributed by atoms with van der Waals surface area (Å²) >= 11 is 5.48. The second kappa shape index (κ2) is 5.16. The van der Waals surface area contributed by atoms with E-state index < -0.39 is 22.7 Å². The number of halogens is 4. The van der Waals surface area contributed by atoms with Gasteiger partial charge in [-0.05, 0) is 25.1 Å². The number of aryl methyl sites for hydroxylation is 1. The molecule has 8 heteroatoms. The van der Waals surface area contributed by atoms with Crippen molar-refractivity contribution in [3.05, 3.63) is 46.3 Å². The van der Waals surface area contributed by atoms with Gasteiger partial charge in [-0.2, -0.15) is 13.2 Å². The SMILES string of the molecule is Cc1nocc1C(=O)Nc1ccc(Cl)c(C(F)(F)F)c1. The standard InChI is InChI=1S/C12H8ClF3N2O2/c1-6-8(5-20-18-6)11(19)17-7-2-3-10(13)9(4-7)12(14,15)16/h2-5H,1H3,(H,17,19). The lowest BCUT2D eigenvalue weighted by atomic mass is 10.2. The van der Waals surface area contributed by atoms with Crippen LogP contribution in [0.4, 0.5) is 18.9 Å². The predicted octanol–water partition coefficient (Wildman–Crippen LogP) is 3.91. The monoisotopic (exact) mass is 304 g/mol. The van der Waals surface area contributed by atoms with Crippen molar-refractivity contribution in [2.75, 3.05) is 5.32 Å². The van der Waals surface area contributed by atoms with Gasteiger partial charge in [-0.15, -0.1) is 0 Å². The van der Waals surface area contributed by atoms with E-state index in [2.05, 4.69) is 15.0 Å². The Hall–Kier alpha value is -2.02. The van der Waals surface area contributed by atoms with Gasteiger partial charge in [0, 0.05) is 5.69 Å². The minimum Gasteiger partial charge on any atom is -0.364 e. The first kappa shape index (κ1) is 14.4. The molecule has 1 amide bonds. The van der Waals surface area contributed by atoms with E-state index in [4.69, 9.17) is 11.6 Å². The molecule has 1 heterocycles. The third kappa shape index (κ3) is 2.93. The number of hydrogen-bond acceptors (Lipinski definition) is 3. The largest absolute Gasteiger partial charge is 0.417 e. The van der Waals surface area contributed by atoms with Crippen LogP contribution in [-0.4, -0.2) is 11.1 Å². The van der Waals surface area contributed by atoms with Gasteiger partial charge in [0.1, 0.15) is 11.8 Å². The average Bonchev–Trinajstić information content (AvgIpc) is 2.76. The number of carbonyl (C=O) groups is 1. The van der Waals surface area contributed by atoms with Gasteiger partial charge >= 0.3 is 6.18 Å². The van der Waals surface area contributed by atoms with E-state index in [1.807, 2.05) is 0 Å². The maximum Gasteiger partial charge on any atom is 0.417 e. The molecule has 1 N–H and O–H groups in total. The molecule has 2 aromatic rings. The normalized spacial score (nSPS) is 11.4. The Labute approximate surface area is 116 Å². The Morgan fingerprint density at radius 3 is 2.65 bits per heavy atom. The van der Waals surface area contributed by atoms with Gasteiger partial charge in [-0.25, -0.2) is 0 Å². The molecule has 1 aromatic heterocycles. The highest BCUT2D eigenvalue weighted by Crippen LogP contribution is 2.36. The van der Waals surface area contributed by atoms with E-state index in [9.17, 15) is 18.0 Å². The smallest absolute Gasteiger partial charge is 0.364 e. The molecule has 0 fully saturated rings. The first-order chi connectivity index (χ1) is 9.29. The van der Waals surface area contributed by atoms with Crippen molar-refractivity contribution in [3.63, 3.8) is 0 Å². The van der Waals surface area contributed by atoms with Crippen LogP contribution in [0.15, 0.2) is 29.0 Å². The molecule has 4 nitrogen and oxygen atoms in total. The molecule has 0 radical (unpaired) electrons.